The summed E-state index contributed by atoms with van der Waals surface area (Å²) in [6, 6.07) is 8.39. The quantitative estimate of drug-likeness (QED) is 0.648. The molecule has 1 amide bonds. The van der Waals surface area contributed by atoms with Crippen LogP contribution in [0.1, 0.15) is 13.3 Å². The van der Waals surface area contributed by atoms with Gasteiger partial charge in [-0.05, 0) is 24.3 Å². The summed E-state index contributed by atoms with van der Waals surface area (Å²) in [7, 11) is -3.44. The first kappa shape index (κ1) is 20.2. The fourth-order valence-corrected chi connectivity index (χ4v) is 4.47. The van der Waals surface area contributed by atoms with Crippen molar-refractivity contribution in [2.45, 2.75) is 18.2 Å². The van der Waals surface area contributed by atoms with Gasteiger partial charge in [0.15, 0.2) is 0 Å². The van der Waals surface area contributed by atoms with Gasteiger partial charge in [0.05, 0.1) is 10.6 Å². The van der Waals surface area contributed by atoms with Crippen LogP contribution in [0.15, 0.2) is 35.2 Å². The molecule has 1 N–H and O–H groups in total. The lowest BCUT2D eigenvalue weighted by Gasteiger charge is -2.34. The van der Waals surface area contributed by atoms with Crippen molar-refractivity contribution in [3.63, 3.8) is 0 Å². The van der Waals surface area contributed by atoms with Crippen LogP contribution in [0.2, 0.25) is 0 Å². The maximum atomic E-state index is 12.2. The molecule has 1 aliphatic rings. The summed E-state index contributed by atoms with van der Waals surface area (Å²) in [4.78, 5) is 16.5. The van der Waals surface area contributed by atoms with E-state index in [-0.39, 0.29) is 10.8 Å². The van der Waals surface area contributed by atoms with Crippen LogP contribution in [-0.4, -0.2) is 74.9 Å². The summed E-state index contributed by atoms with van der Waals surface area (Å²) < 4.78 is 26.9. The number of hydrogen-bond acceptors (Lipinski definition) is 5. The monoisotopic (exact) mass is 385 g/mol. The van der Waals surface area contributed by atoms with E-state index in [2.05, 4.69) is 16.5 Å². The molecule has 0 aliphatic carbocycles. The smallest absolute Gasteiger partial charge is 0.240 e. The summed E-state index contributed by atoms with van der Waals surface area (Å²) >= 11 is 1.69. The van der Waals surface area contributed by atoms with Crippen LogP contribution in [-0.2, 0) is 14.8 Å². The van der Waals surface area contributed by atoms with Gasteiger partial charge in [0.25, 0.3) is 0 Å². The average molecular weight is 386 g/mol. The minimum absolute atomic E-state index is 0.211. The third-order valence-corrected chi connectivity index (χ3v) is 6.70. The van der Waals surface area contributed by atoms with Gasteiger partial charge in [-0.2, -0.15) is 11.8 Å². The Bertz CT molecular complexity index is 630. The van der Waals surface area contributed by atoms with Gasteiger partial charge in [-0.1, -0.05) is 25.1 Å². The highest BCUT2D eigenvalue weighted by atomic mass is 32.2. The molecule has 0 unspecified atom stereocenters. The Morgan fingerprint density at radius 2 is 1.84 bits per heavy atom. The number of sulfonamides is 1. The Morgan fingerprint density at radius 3 is 2.48 bits per heavy atom. The molecular formula is C17H27N3O3S2. The molecular weight excluding hydrogens is 358 g/mol. The highest BCUT2D eigenvalue weighted by Gasteiger charge is 2.21. The molecule has 1 aliphatic heterocycles. The number of carbonyl (C=O) groups is 1. The molecule has 0 atom stereocenters. The second kappa shape index (κ2) is 10.2. The average Bonchev–Trinajstić information content (AvgIpc) is 2.63. The molecule has 1 aromatic carbocycles. The minimum atomic E-state index is -3.44. The maximum Gasteiger partial charge on any atom is 0.240 e. The van der Waals surface area contributed by atoms with E-state index in [1.54, 1.807) is 42.1 Å². The van der Waals surface area contributed by atoms with E-state index in [9.17, 15) is 13.2 Å². The number of benzene rings is 1. The Balaban J connectivity index is 1.68. The lowest BCUT2D eigenvalue weighted by atomic mass is 10.3. The lowest BCUT2D eigenvalue weighted by molar-refractivity contribution is -0.130. The van der Waals surface area contributed by atoms with Gasteiger partial charge < -0.3 is 4.90 Å². The number of piperazine rings is 1. The Morgan fingerprint density at radius 1 is 1.16 bits per heavy atom. The summed E-state index contributed by atoms with van der Waals surface area (Å²) in [5.74, 6) is 1.79. The second-order valence-electron chi connectivity index (χ2n) is 5.99. The van der Waals surface area contributed by atoms with E-state index in [0.717, 1.165) is 38.4 Å². The highest BCUT2D eigenvalue weighted by molar-refractivity contribution is 7.99. The van der Waals surface area contributed by atoms with Crippen LogP contribution >= 0.6 is 11.8 Å². The van der Waals surface area contributed by atoms with Crippen molar-refractivity contribution in [1.29, 1.82) is 0 Å². The molecule has 1 heterocycles. The van der Waals surface area contributed by atoms with E-state index >= 15 is 0 Å². The fourth-order valence-electron chi connectivity index (χ4n) is 2.64. The topological polar surface area (TPSA) is 69.7 Å². The molecule has 1 fully saturated rings. The van der Waals surface area contributed by atoms with Gasteiger partial charge in [-0.25, -0.2) is 13.1 Å². The molecule has 140 valence electrons. The molecule has 0 radical (unpaired) electrons. The zero-order valence-electron chi connectivity index (χ0n) is 14.7. The van der Waals surface area contributed by atoms with Crippen LogP contribution < -0.4 is 4.72 Å². The number of rotatable bonds is 9. The predicted molar refractivity (Wildman–Crippen MR) is 102 cm³/mol. The first-order chi connectivity index (χ1) is 12.0. The van der Waals surface area contributed by atoms with Crippen molar-refractivity contribution < 1.29 is 13.2 Å². The molecule has 1 saturated heterocycles. The van der Waals surface area contributed by atoms with Crippen molar-refractivity contribution in [1.82, 2.24) is 14.5 Å². The summed E-state index contributed by atoms with van der Waals surface area (Å²) in [5.41, 5.74) is 0. The molecule has 0 spiro atoms. The number of hydrogen-bond donors (Lipinski definition) is 1. The van der Waals surface area contributed by atoms with Crippen LogP contribution in [0.25, 0.3) is 0 Å². The number of carbonyl (C=O) groups excluding carboxylic acids is 1. The van der Waals surface area contributed by atoms with E-state index in [1.807, 2.05) is 4.90 Å². The largest absolute Gasteiger partial charge is 0.339 e. The highest BCUT2D eigenvalue weighted by Crippen LogP contribution is 2.09. The third-order valence-electron chi connectivity index (χ3n) is 4.07. The molecule has 8 heteroatoms. The summed E-state index contributed by atoms with van der Waals surface area (Å²) in [5, 5.41) is 0. The van der Waals surface area contributed by atoms with Gasteiger partial charge in [0, 0.05) is 39.3 Å². The number of thioether (sulfide) groups is 1. The number of nitrogens with zero attached hydrogens (tertiary/aromatic N) is 2. The molecule has 25 heavy (non-hydrogen) atoms. The van der Waals surface area contributed by atoms with Gasteiger partial charge in [-0.3, -0.25) is 9.69 Å². The fraction of sp³-hybridized carbons (Fsp3) is 0.588. The number of amides is 1. The molecule has 6 nitrogen and oxygen atoms in total. The molecule has 0 aromatic heterocycles. The van der Waals surface area contributed by atoms with Crippen molar-refractivity contribution in [3.8, 4) is 0 Å². The van der Waals surface area contributed by atoms with Crippen LogP contribution in [0.5, 0.6) is 0 Å². The first-order valence-electron chi connectivity index (χ1n) is 8.65. The van der Waals surface area contributed by atoms with Crippen molar-refractivity contribution in [2.75, 3.05) is 50.8 Å². The van der Waals surface area contributed by atoms with Gasteiger partial charge >= 0.3 is 0 Å². The van der Waals surface area contributed by atoms with Crippen molar-refractivity contribution >= 4 is 27.7 Å². The summed E-state index contributed by atoms with van der Waals surface area (Å²) in [6.45, 7) is 6.15. The Kier molecular flexibility index (Phi) is 8.21. The molecule has 0 bridgehead atoms. The van der Waals surface area contributed by atoms with Gasteiger partial charge in [0.2, 0.25) is 15.9 Å². The van der Waals surface area contributed by atoms with Crippen molar-refractivity contribution in [2.24, 2.45) is 0 Å². The van der Waals surface area contributed by atoms with Gasteiger partial charge in [-0.15, -0.1) is 0 Å². The van der Waals surface area contributed by atoms with E-state index in [4.69, 9.17) is 0 Å². The Labute approximate surface area is 155 Å². The van der Waals surface area contributed by atoms with E-state index in [1.165, 1.54) is 0 Å². The standard InChI is InChI=1S/C17H27N3O3S2/c1-2-14-24-15-17(21)20-12-10-19(11-13-20)9-8-18-25(22,23)16-6-4-3-5-7-16/h3-7,18H,2,8-15H2,1H3. The van der Waals surface area contributed by atoms with Crippen LogP contribution in [0, 0.1) is 0 Å². The van der Waals surface area contributed by atoms with Crippen LogP contribution in [0.3, 0.4) is 0 Å². The normalized spacial score (nSPS) is 16.1. The second-order valence-corrected chi connectivity index (χ2v) is 8.86. The van der Waals surface area contributed by atoms with Gasteiger partial charge in [0.1, 0.15) is 0 Å². The molecule has 1 aromatic rings. The third kappa shape index (κ3) is 6.62. The predicted octanol–water partition coefficient (Wildman–Crippen LogP) is 1.25. The van der Waals surface area contributed by atoms with E-state index < -0.39 is 10.0 Å². The minimum Gasteiger partial charge on any atom is -0.339 e. The first-order valence-corrected chi connectivity index (χ1v) is 11.3. The lowest BCUT2D eigenvalue weighted by Crippen LogP contribution is -2.50. The zero-order valence-corrected chi connectivity index (χ0v) is 16.3. The molecule has 2 rings (SSSR count). The molecule has 0 saturated carbocycles. The van der Waals surface area contributed by atoms with Crippen LogP contribution in [0.4, 0.5) is 0 Å². The van der Waals surface area contributed by atoms with E-state index in [0.29, 0.717) is 18.8 Å². The van der Waals surface area contributed by atoms with Crippen molar-refractivity contribution in [3.05, 3.63) is 30.3 Å². The zero-order chi connectivity index (χ0) is 18.1. The Hall–Kier alpha value is -1.09. The number of nitrogens with one attached hydrogen (secondary N) is 1. The SMILES string of the molecule is CCCSCC(=O)N1CCN(CCNS(=O)(=O)c2ccccc2)CC1. The maximum absolute atomic E-state index is 12.2. The summed E-state index contributed by atoms with van der Waals surface area (Å²) in [6.07, 6.45) is 1.09.